The van der Waals surface area contributed by atoms with E-state index in [1.165, 1.54) is 12.1 Å². The van der Waals surface area contributed by atoms with Crippen LogP contribution in [0.2, 0.25) is 0 Å². The maximum atomic E-state index is 11.0. The fourth-order valence-corrected chi connectivity index (χ4v) is 2.32. The molecule has 5 heteroatoms. The van der Waals surface area contributed by atoms with Gasteiger partial charge >= 0.3 is 5.97 Å². The van der Waals surface area contributed by atoms with Crippen molar-refractivity contribution in [3.8, 4) is 17.0 Å². The van der Waals surface area contributed by atoms with Crippen LogP contribution in [0.5, 0.6) is 5.75 Å². The van der Waals surface area contributed by atoms with Crippen molar-refractivity contribution in [1.29, 1.82) is 0 Å². The van der Waals surface area contributed by atoms with Crippen LogP contribution in [-0.4, -0.2) is 27.5 Å². The smallest absolute Gasteiger partial charge is 0.352 e. The Hall–Kier alpha value is -3.08. The average Bonchev–Trinajstić information content (AvgIpc) is 2.97. The number of nitrogens with one attached hydrogen (secondary N) is 1. The molecule has 0 spiro atoms. The Morgan fingerprint density at radius 2 is 1.90 bits per heavy atom. The summed E-state index contributed by atoms with van der Waals surface area (Å²) in [7, 11) is 0. The lowest BCUT2D eigenvalue weighted by Crippen LogP contribution is -1.95. The summed E-state index contributed by atoms with van der Waals surface area (Å²) < 4.78 is 0. The summed E-state index contributed by atoms with van der Waals surface area (Å²) in [6, 6.07) is 11.7. The predicted molar refractivity (Wildman–Crippen MR) is 77.7 cm³/mol. The summed E-state index contributed by atoms with van der Waals surface area (Å²) >= 11 is 0. The minimum Gasteiger partial charge on any atom is -0.507 e. The molecule has 0 fully saturated rings. The second kappa shape index (κ2) is 4.79. The zero-order chi connectivity index (χ0) is 15.0. The number of phenolic OH excluding ortho intramolecular Hbond substituents is 1. The lowest BCUT2D eigenvalue weighted by molar-refractivity contribution is 0.0691. The third-order valence-electron chi connectivity index (χ3n) is 3.38. The van der Waals surface area contributed by atoms with Gasteiger partial charge in [-0.25, -0.2) is 4.79 Å². The lowest BCUT2D eigenvalue weighted by atomic mass is 10.0. The van der Waals surface area contributed by atoms with E-state index in [0.717, 1.165) is 10.9 Å². The standard InChI is InChI=1S/C16H11NO4/c18-8-12-11-3-1-10(7-9(11)2-6-15(12)19)13-4-5-14(17-13)16(20)21/h1-8,17,19H,(H,20,21). The highest BCUT2D eigenvalue weighted by molar-refractivity contribution is 6.02. The molecule has 5 nitrogen and oxygen atoms in total. The van der Waals surface area contributed by atoms with Crippen LogP contribution in [0.15, 0.2) is 42.5 Å². The first-order valence-corrected chi connectivity index (χ1v) is 6.24. The molecule has 0 amide bonds. The van der Waals surface area contributed by atoms with Crippen molar-refractivity contribution in [2.45, 2.75) is 0 Å². The van der Waals surface area contributed by atoms with Crippen molar-refractivity contribution in [2.75, 3.05) is 0 Å². The zero-order valence-electron chi connectivity index (χ0n) is 10.8. The molecule has 1 aromatic heterocycles. The monoisotopic (exact) mass is 281 g/mol. The van der Waals surface area contributed by atoms with Crippen LogP contribution in [-0.2, 0) is 0 Å². The number of fused-ring (bicyclic) bond motifs is 1. The molecule has 0 aliphatic carbocycles. The summed E-state index contributed by atoms with van der Waals surface area (Å²) in [6.45, 7) is 0. The van der Waals surface area contributed by atoms with Gasteiger partial charge in [0.05, 0.1) is 5.56 Å². The van der Waals surface area contributed by atoms with Crippen molar-refractivity contribution >= 4 is 23.0 Å². The molecule has 0 unspecified atom stereocenters. The number of aromatic hydroxyl groups is 1. The number of aromatic amines is 1. The molecule has 3 aromatic rings. The molecule has 0 aliphatic rings. The van der Waals surface area contributed by atoms with Crippen LogP contribution in [0.25, 0.3) is 22.0 Å². The summed E-state index contributed by atoms with van der Waals surface area (Å²) in [6.07, 6.45) is 0.620. The zero-order valence-corrected chi connectivity index (χ0v) is 10.8. The van der Waals surface area contributed by atoms with E-state index in [2.05, 4.69) is 4.98 Å². The first kappa shape index (κ1) is 12.9. The lowest BCUT2D eigenvalue weighted by Gasteiger charge is -2.06. The number of aldehydes is 1. The molecule has 0 bridgehead atoms. The van der Waals surface area contributed by atoms with Gasteiger partial charge in [-0.15, -0.1) is 0 Å². The fourth-order valence-electron chi connectivity index (χ4n) is 2.32. The average molecular weight is 281 g/mol. The fraction of sp³-hybridized carbons (Fsp3) is 0. The molecule has 3 rings (SSSR count). The minimum atomic E-state index is -1.02. The summed E-state index contributed by atoms with van der Waals surface area (Å²) in [5.41, 5.74) is 1.84. The number of aromatic carboxylic acids is 1. The van der Waals surface area contributed by atoms with Gasteiger partial charge in [0.1, 0.15) is 11.4 Å². The molecule has 0 saturated heterocycles. The SMILES string of the molecule is O=Cc1c(O)ccc2cc(-c3ccc(C(=O)O)[nH]3)ccc12. The third-order valence-corrected chi connectivity index (χ3v) is 3.38. The summed E-state index contributed by atoms with van der Waals surface area (Å²) in [5, 5.41) is 20.0. The Kier molecular flexibility index (Phi) is 2.95. The molecule has 21 heavy (non-hydrogen) atoms. The molecule has 0 saturated carbocycles. The molecule has 2 aromatic carbocycles. The molecular weight excluding hydrogens is 270 g/mol. The number of phenols is 1. The first-order chi connectivity index (χ1) is 10.1. The Bertz CT molecular complexity index is 864. The number of benzene rings is 2. The van der Waals surface area contributed by atoms with Crippen LogP contribution < -0.4 is 0 Å². The number of rotatable bonds is 3. The minimum absolute atomic E-state index is 0.0571. The number of hydrogen-bond acceptors (Lipinski definition) is 3. The molecular formula is C16H11NO4. The second-order valence-corrected chi connectivity index (χ2v) is 4.64. The van der Waals surface area contributed by atoms with E-state index in [0.29, 0.717) is 17.4 Å². The maximum absolute atomic E-state index is 11.0. The Balaban J connectivity index is 2.15. The molecule has 0 atom stereocenters. The van der Waals surface area contributed by atoms with Crippen LogP contribution >= 0.6 is 0 Å². The van der Waals surface area contributed by atoms with Crippen molar-refractivity contribution in [3.05, 3.63) is 53.7 Å². The quantitative estimate of drug-likeness (QED) is 0.643. The van der Waals surface area contributed by atoms with E-state index in [1.807, 2.05) is 6.07 Å². The van der Waals surface area contributed by atoms with E-state index >= 15 is 0 Å². The van der Waals surface area contributed by atoms with Crippen molar-refractivity contribution in [2.24, 2.45) is 0 Å². The van der Waals surface area contributed by atoms with Gasteiger partial charge in [-0.2, -0.15) is 0 Å². The topological polar surface area (TPSA) is 90.4 Å². The Labute approximate surface area is 119 Å². The van der Waals surface area contributed by atoms with Gasteiger partial charge in [0.15, 0.2) is 6.29 Å². The van der Waals surface area contributed by atoms with Crippen LogP contribution in [0, 0.1) is 0 Å². The van der Waals surface area contributed by atoms with Crippen molar-refractivity contribution in [1.82, 2.24) is 4.98 Å². The van der Waals surface area contributed by atoms with Crippen LogP contribution in [0.3, 0.4) is 0 Å². The number of H-pyrrole nitrogens is 1. The van der Waals surface area contributed by atoms with Gasteiger partial charge in [-0.1, -0.05) is 18.2 Å². The summed E-state index contributed by atoms with van der Waals surface area (Å²) in [5.74, 6) is -1.08. The van der Waals surface area contributed by atoms with Crippen molar-refractivity contribution < 1.29 is 19.8 Å². The molecule has 3 N–H and O–H groups in total. The number of hydrogen-bond donors (Lipinski definition) is 3. The predicted octanol–water partition coefficient (Wildman–Crippen LogP) is 3.05. The van der Waals surface area contributed by atoms with Crippen molar-refractivity contribution in [3.63, 3.8) is 0 Å². The highest BCUT2D eigenvalue weighted by Gasteiger charge is 2.10. The number of aromatic nitrogens is 1. The second-order valence-electron chi connectivity index (χ2n) is 4.64. The van der Waals surface area contributed by atoms with E-state index in [-0.39, 0.29) is 17.0 Å². The first-order valence-electron chi connectivity index (χ1n) is 6.24. The van der Waals surface area contributed by atoms with Gasteiger partial charge in [-0.05, 0) is 40.6 Å². The highest BCUT2D eigenvalue weighted by atomic mass is 16.4. The largest absolute Gasteiger partial charge is 0.507 e. The number of carbonyl (C=O) groups excluding carboxylic acids is 1. The number of carboxylic acid groups (broad SMARTS) is 1. The van der Waals surface area contributed by atoms with Gasteiger partial charge in [0.25, 0.3) is 0 Å². The van der Waals surface area contributed by atoms with E-state index in [9.17, 15) is 14.7 Å². The Morgan fingerprint density at radius 1 is 1.10 bits per heavy atom. The van der Waals surface area contributed by atoms with Crippen LogP contribution in [0.1, 0.15) is 20.8 Å². The normalized spacial score (nSPS) is 10.7. The third kappa shape index (κ3) is 2.14. The maximum Gasteiger partial charge on any atom is 0.352 e. The van der Waals surface area contributed by atoms with Gasteiger partial charge in [0.2, 0.25) is 0 Å². The molecule has 0 radical (unpaired) electrons. The molecule has 104 valence electrons. The van der Waals surface area contributed by atoms with E-state index in [1.54, 1.807) is 24.3 Å². The van der Waals surface area contributed by atoms with Crippen LogP contribution in [0.4, 0.5) is 0 Å². The van der Waals surface area contributed by atoms with E-state index < -0.39 is 5.97 Å². The summed E-state index contributed by atoms with van der Waals surface area (Å²) in [4.78, 5) is 24.7. The Morgan fingerprint density at radius 3 is 2.57 bits per heavy atom. The number of carboxylic acids is 1. The number of carbonyl (C=O) groups is 2. The van der Waals surface area contributed by atoms with Gasteiger partial charge < -0.3 is 15.2 Å². The van der Waals surface area contributed by atoms with Gasteiger partial charge in [0, 0.05) is 5.69 Å². The highest BCUT2D eigenvalue weighted by Crippen LogP contribution is 2.29. The van der Waals surface area contributed by atoms with E-state index in [4.69, 9.17) is 5.11 Å². The molecule has 1 heterocycles. The van der Waals surface area contributed by atoms with Gasteiger partial charge in [-0.3, -0.25) is 4.79 Å². The molecule has 0 aliphatic heterocycles.